The van der Waals surface area contributed by atoms with E-state index in [1.807, 2.05) is 0 Å². The van der Waals surface area contributed by atoms with Crippen molar-refractivity contribution in [2.24, 2.45) is 0 Å². The fraction of sp³-hybridized carbons (Fsp3) is 0.556. The Balaban J connectivity index is 1.58. The molecule has 0 aliphatic carbocycles. The lowest BCUT2D eigenvalue weighted by Crippen LogP contribution is -2.41. The molecule has 2 heteroatoms. The van der Waals surface area contributed by atoms with Gasteiger partial charge in [0.1, 0.15) is 0 Å². The summed E-state index contributed by atoms with van der Waals surface area (Å²) < 4.78 is 0. The van der Waals surface area contributed by atoms with Gasteiger partial charge in [-0.25, -0.2) is 0 Å². The highest BCUT2D eigenvalue weighted by atomic mass is 35.6. The van der Waals surface area contributed by atoms with Crippen LogP contribution >= 0.6 is 11.1 Å². The maximum Gasteiger partial charge on any atom is 0.188 e. The van der Waals surface area contributed by atoms with Crippen molar-refractivity contribution in [3.8, 4) is 0 Å². The van der Waals surface area contributed by atoms with Gasteiger partial charge < -0.3 is 0 Å². The van der Waals surface area contributed by atoms with E-state index in [4.69, 9.17) is 11.1 Å². The minimum atomic E-state index is -1.92. The van der Waals surface area contributed by atoms with Crippen LogP contribution in [0.15, 0.2) is 54.6 Å². The van der Waals surface area contributed by atoms with Crippen LogP contribution in [0.5, 0.6) is 0 Å². The lowest BCUT2D eigenvalue weighted by atomic mass is 10.0. The summed E-state index contributed by atoms with van der Waals surface area (Å²) in [6.45, 7) is 4.54. The van der Waals surface area contributed by atoms with Crippen molar-refractivity contribution in [1.82, 2.24) is 0 Å². The summed E-state index contributed by atoms with van der Waals surface area (Å²) in [5, 5.41) is 1.33. The van der Waals surface area contributed by atoms with Gasteiger partial charge in [-0.2, -0.15) is 11.1 Å². The van der Waals surface area contributed by atoms with Crippen LogP contribution in [0.3, 0.4) is 0 Å². The van der Waals surface area contributed by atoms with Crippen molar-refractivity contribution in [3.63, 3.8) is 0 Å². The van der Waals surface area contributed by atoms with Crippen molar-refractivity contribution < 1.29 is 0 Å². The Morgan fingerprint density at radius 3 is 1.66 bits per heavy atom. The van der Waals surface area contributed by atoms with Gasteiger partial charge in [0, 0.05) is 0 Å². The number of rotatable bonds is 15. The average molecular weight is 429 g/mol. The Hall–Kier alpha value is -1.05. The molecule has 29 heavy (non-hydrogen) atoms. The molecule has 0 radical (unpaired) electrons. The first-order valence-electron chi connectivity index (χ1n) is 11.9. The zero-order chi connectivity index (χ0) is 20.8. The average Bonchev–Trinajstić information content (AvgIpc) is 2.73. The van der Waals surface area contributed by atoms with Crippen molar-refractivity contribution in [3.05, 3.63) is 65.7 Å². The Morgan fingerprint density at radius 2 is 1.10 bits per heavy atom. The number of aryl methyl sites for hydroxylation is 1. The molecule has 1 unspecified atom stereocenters. The lowest BCUT2D eigenvalue weighted by molar-refractivity contribution is 0.549. The predicted molar refractivity (Wildman–Crippen MR) is 134 cm³/mol. The number of hydrogen-bond acceptors (Lipinski definition) is 0. The summed E-state index contributed by atoms with van der Waals surface area (Å²) in [7, 11) is -1.92. The van der Waals surface area contributed by atoms with Crippen molar-refractivity contribution in [1.29, 1.82) is 0 Å². The van der Waals surface area contributed by atoms with Crippen LogP contribution in [-0.4, -0.2) is 7.38 Å². The molecular formula is C27H41ClSi. The highest BCUT2D eigenvalue weighted by Crippen LogP contribution is 2.18. The smallest absolute Gasteiger partial charge is 0.161 e. The highest BCUT2D eigenvalue weighted by Gasteiger charge is 2.27. The van der Waals surface area contributed by atoms with Gasteiger partial charge in [-0.3, -0.25) is 0 Å². The molecule has 0 amide bonds. The van der Waals surface area contributed by atoms with E-state index in [-0.39, 0.29) is 0 Å². The molecule has 0 saturated carbocycles. The van der Waals surface area contributed by atoms with E-state index in [2.05, 4.69) is 68.1 Å². The van der Waals surface area contributed by atoms with E-state index in [9.17, 15) is 0 Å². The molecule has 2 aromatic carbocycles. The molecule has 0 aromatic heterocycles. The van der Waals surface area contributed by atoms with Gasteiger partial charge in [0.2, 0.25) is 0 Å². The van der Waals surface area contributed by atoms with E-state index in [0.717, 1.165) is 6.04 Å². The van der Waals surface area contributed by atoms with Crippen LogP contribution in [0.2, 0.25) is 6.55 Å². The topological polar surface area (TPSA) is 0 Å². The molecule has 0 fully saturated rings. The van der Waals surface area contributed by atoms with E-state index >= 15 is 0 Å². The molecule has 0 aliphatic rings. The van der Waals surface area contributed by atoms with Gasteiger partial charge in [0.25, 0.3) is 0 Å². The summed E-state index contributed by atoms with van der Waals surface area (Å²) >= 11 is 6.96. The minimum absolute atomic E-state index is 0.997. The van der Waals surface area contributed by atoms with Crippen LogP contribution in [0.4, 0.5) is 0 Å². The van der Waals surface area contributed by atoms with Gasteiger partial charge in [-0.15, -0.1) is 0 Å². The van der Waals surface area contributed by atoms with E-state index in [1.165, 1.54) is 93.4 Å². The lowest BCUT2D eigenvalue weighted by Gasteiger charge is -2.20. The summed E-state index contributed by atoms with van der Waals surface area (Å²) in [6, 6.07) is 20.8. The minimum Gasteiger partial charge on any atom is -0.161 e. The third-order valence-electron chi connectivity index (χ3n) is 6.00. The van der Waals surface area contributed by atoms with Crippen molar-refractivity contribution in [2.45, 2.75) is 96.6 Å². The van der Waals surface area contributed by atoms with Gasteiger partial charge in [-0.05, 0) is 35.2 Å². The fourth-order valence-electron chi connectivity index (χ4n) is 4.09. The second-order valence-electron chi connectivity index (χ2n) is 8.84. The van der Waals surface area contributed by atoms with Crippen LogP contribution in [-0.2, 0) is 12.5 Å². The normalized spacial score (nSPS) is 13.3. The fourth-order valence-corrected chi connectivity index (χ4v) is 7.02. The van der Waals surface area contributed by atoms with Crippen LogP contribution in [0.1, 0.15) is 88.7 Å². The van der Waals surface area contributed by atoms with Crippen LogP contribution in [0.25, 0.3) is 0 Å². The molecule has 0 nitrogen and oxygen atoms in total. The van der Waals surface area contributed by atoms with Gasteiger partial charge in [0.05, 0.1) is 0 Å². The molecule has 2 rings (SSSR count). The first-order valence-corrected chi connectivity index (χ1v) is 15.7. The summed E-state index contributed by atoms with van der Waals surface area (Å²) in [5.74, 6) is 0. The molecule has 0 heterocycles. The number of halogens is 1. The quantitative estimate of drug-likeness (QED) is 0.152. The molecule has 0 bridgehead atoms. The van der Waals surface area contributed by atoms with Gasteiger partial charge in [-0.1, -0.05) is 132 Å². The molecule has 1 atom stereocenters. The third kappa shape index (κ3) is 10.0. The van der Waals surface area contributed by atoms with Crippen molar-refractivity contribution >= 4 is 23.6 Å². The van der Waals surface area contributed by atoms with Crippen molar-refractivity contribution in [2.75, 3.05) is 0 Å². The molecular weight excluding hydrogens is 388 g/mol. The zero-order valence-corrected chi connectivity index (χ0v) is 20.5. The number of benzene rings is 2. The monoisotopic (exact) mass is 428 g/mol. The molecule has 160 valence electrons. The predicted octanol–water partition coefficient (Wildman–Crippen LogP) is 8.34. The van der Waals surface area contributed by atoms with E-state index in [1.54, 1.807) is 0 Å². The summed E-state index contributed by atoms with van der Waals surface area (Å²) in [6.07, 6.45) is 16.7. The molecule has 0 saturated heterocycles. The largest absolute Gasteiger partial charge is 0.188 e. The summed E-state index contributed by atoms with van der Waals surface area (Å²) in [5.41, 5.74) is 2.85. The highest BCUT2D eigenvalue weighted by molar-refractivity contribution is 7.26. The Kier molecular flexibility index (Phi) is 11.7. The number of hydrogen-bond donors (Lipinski definition) is 0. The Bertz CT molecular complexity index is 648. The van der Waals surface area contributed by atoms with E-state index < -0.39 is 7.38 Å². The third-order valence-corrected chi connectivity index (χ3v) is 9.67. The second-order valence-corrected chi connectivity index (χ2v) is 14.7. The van der Waals surface area contributed by atoms with Gasteiger partial charge >= 0.3 is 0 Å². The first kappa shape index (κ1) is 24.2. The molecule has 0 spiro atoms. The SMILES string of the molecule is CCCCCCCCCCCCCc1ccc(C[Si](C)(Cl)c2ccccc2)cc1. The van der Waals surface area contributed by atoms with E-state index in [0.29, 0.717) is 0 Å². The van der Waals surface area contributed by atoms with Crippen LogP contribution < -0.4 is 5.19 Å². The Morgan fingerprint density at radius 1 is 0.621 bits per heavy atom. The first-order chi connectivity index (χ1) is 14.1. The second kappa shape index (κ2) is 14.0. The molecule has 0 N–H and O–H groups in total. The maximum absolute atomic E-state index is 6.96. The summed E-state index contributed by atoms with van der Waals surface area (Å²) in [4.78, 5) is 0. The molecule has 0 aliphatic heterocycles. The number of unbranched alkanes of at least 4 members (excludes halogenated alkanes) is 10. The Labute approximate surface area is 185 Å². The molecule has 2 aromatic rings. The maximum atomic E-state index is 6.96. The zero-order valence-electron chi connectivity index (χ0n) is 18.8. The standard InChI is InChI=1S/C27H41ClSi/c1-3-4-5-6-7-8-9-10-11-12-14-17-25-20-22-26(23-21-25)24-29(2,28)27-18-15-13-16-19-27/h13,15-16,18-23H,3-12,14,17,24H2,1-2H3. The van der Waals surface area contributed by atoms with Gasteiger partial charge in [0.15, 0.2) is 7.38 Å². The van der Waals surface area contributed by atoms with Crippen LogP contribution in [0, 0.1) is 0 Å².